The van der Waals surface area contributed by atoms with Crippen molar-refractivity contribution in [2.24, 2.45) is 0 Å². The van der Waals surface area contributed by atoms with E-state index < -0.39 is 0 Å². The van der Waals surface area contributed by atoms with Gasteiger partial charge in [0.25, 0.3) is 0 Å². The van der Waals surface area contributed by atoms with Crippen LogP contribution in [0.15, 0.2) is 54.6 Å². The summed E-state index contributed by atoms with van der Waals surface area (Å²) in [6.45, 7) is 5.18. The van der Waals surface area contributed by atoms with Gasteiger partial charge < -0.3 is 15.0 Å². The zero-order valence-corrected chi connectivity index (χ0v) is 14.8. The van der Waals surface area contributed by atoms with Gasteiger partial charge in [0, 0.05) is 24.9 Å². The van der Waals surface area contributed by atoms with Crippen molar-refractivity contribution in [1.82, 2.24) is 5.32 Å². The highest BCUT2D eigenvalue weighted by atomic mass is 19.1. The molecule has 1 heterocycles. The number of halogens is 1. The quantitative estimate of drug-likeness (QED) is 0.835. The molecule has 0 bridgehead atoms. The van der Waals surface area contributed by atoms with E-state index in [1.807, 2.05) is 19.1 Å². The Morgan fingerprint density at radius 1 is 1.19 bits per heavy atom. The molecule has 2 aromatic rings. The van der Waals surface area contributed by atoms with Gasteiger partial charge in [-0.05, 0) is 48.4 Å². The maximum atomic E-state index is 13.2. The number of anilines is 1. The van der Waals surface area contributed by atoms with Crippen molar-refractivity contribution in [2.45, 2.75) is 13.0 Å². The maximum absolute atomic E-state index is 13.2. The van der Waals surface area contributed by atoms with Gasteiger partial charge in [0.2, 0.25) is 5.91 Å². The normalized spacial score (nSPS) is 15.8. The first kappa shape index (κ1) is 18.1. The highest BCUT2D eigenvalue weighted by Crippen LogP contribution is 2.21. The Bertz CT molecular complexity index is 785. The van der Waals surface area contributed by atoms with Crippen molar-refractivity contribution in [3.8, 4) is 0 Å². The van der Waals surface area contributed by atoms with Gasteiger partial charge in [-0.15, -0.1) is 0 Å². The van der Waals surface area contributed by atoms with Gasteiger partial charge in [0.05, 0.1) is 19.3 Å². The van der Waals surface area contributed by atoms with Crippen LogP contribution in [0.4, 0.5) is 10.1 Å². The second-order valence-electron chi connectivity index (χ2n) is 6.31. The Morgan fingerprint density at radius 3 is 2.73 bits per heavy atom. The summed E-state index contributed by atoms with van der Waals surface area (Å²) in [6.07, 6.45) is 3.03. The number of carbonyl (C=O) groups excluding carboxylic acids is 1. The molecule has 1 atom stereocenters. The number of hydrogen-bond donors (Lipinski definition) is 1. The summed E-state index contributed by atoms with van der Waals surface area (Å²) in [7, 11) is 0. The van der Waals surface area contributed by atoms with E-state index in [1.54, 1.807) is 18.2 Å². The van der Waals surface area contributed by atoms with Gasteiger partial charge in [0.15, 0.2) is 0 Å². The molecule has 1 N–H and O–H groups in total. The van der Waals surface area contributed by atoms with Crippen molar-refractivity contribution in [1.29, 1.82) is 0 Å². The van der Waals surface area contributed by atoms with Gasteiger partial charge in [-0.1, -0.05) is 24.3 Å². The number of nitrogens with one attached hydrogen (secondary N) is 1. The zero-order valence-electron chi connectivity index (χ0n) is 14.8. The lowest BCUT2D eigenvalue weighted by Crippen LogP contribution is -2.36. The third-order valence-corrected chi connectivity index (χ3v) is 4.38. The largest absolute Gasteiger partial charge is 0.378 e. The lowest BCUT2D eigenvalue weighted by molar-refractivity contribution is -0.117. The first-order valence-electron chi connectivity index (χ1n) is 8.78. The molecule has 0 aliphatic carbocycles. The SMILES string of the molecule is C[C@H](NC(=O)/C=C/c1cccc(F)c1)c1cccc(N2CCOCC2)c1. The summed E-state index contributed by atoms with van der Waals surface area (Å²) in [4.78, 5) is 14.4. The van der Waals surface area contributed by atoms with Crippen molar-refractivity contribution in [2.75, 3.05) is 31.2 Å². The van der Waals surface area contributed by atoms with Crippen LogP contribution in [-0.4, -0.2) is 32.2 Å². The molecule has 1 aliphatic heterocycles. The van der Waals surface area contributed by atoms with Crippen LogP contribution in [0.25, 0.3) is 6.08 Å². The van der Waals surface area contributed by atoms with Gasteiger partial charge in [-0.3, -0.25) is 4.79 Å². The van der Waals surface area contributed by atoms with Crippen LogP contribution in [0.2, 0.25) is 0 Å². The average Bonchev–Trinajstić information content (AvgIpc) is 2.67. The topological polar surface area (TPSA) is 41.6 Å². The maximum Gasteiger partial charge on any atom is 0.244 e. The second kappa shape index (κ2) is 8.63. The molecule has 2 aromatic carbocycles. The second-order valence-corrected chi connectivity index (χ2v) is 6.31. The van der Waals surface area contributed by atoms with Crippen molar-refractivity contribution >= 4 is 17.7 Å². The minimum Gasteiger partial charge on any atom is -0.378 e. The Morgan fingerprint density at radius 2 is 1.96 bits per heavy atom. The third kappa shape index (κ3) is 4.92. The summed E-state index contributed by atoms with van der Waals surface area (Å²) >= 11 is 0. The number of benzene rings is 2. The monoisotopic (exact) mass is 354 g/mol. The Kier molecular flexibility index (Phi) is 6.02. The minimum absolute atomic E-state index is 0.124. The van der Waals surface area contributed by atoms with E-state index in [-0.39, 0.29) is 17.8 Å². The molecule has 3 rings (SSSR count). The molecule has 0 radical (unpaired) electrons. The summed E-state index contributed by atoms with van der Waals surface area (Å²) in [5.74, 6) is -0.528. The van der Waals surface area contributed by atoms with Crippen LogP contribution in [0.1, 0.15) is 24.1 Å². The van der Waals surface area contributed by atoms with Crippen LogP contribution < -0.4 is 10.2 Å². The molecular weight excluding hydrogens is 331 g/mol. The number of rotatable bonds is 5. The number of carbonyl (C=O) groups is 1. The lowest BCUT2D eigenvalue weighted by Gasteiger charge is -2.29. The Balaban J connectivity index is 1.62. The third-order valence-electron chi connectivity index (χ3n) is 4.38. The molecule has 1 fully saturated rings. The summed E-state index contributed by atoms with van der Waals surface area (Å²) in [6, 6.07) is 14.2. The molecule has 0 unspecified atom stereocenters. The molecule has 0 spiro atoms. The van der Waals surface area contributed by atoms with Crippen LogP contribution in [0, 0.1) is 5.82 Å². The first-order valence-corrected chi connectivity index (χ1v) is 8.78. The van der Waals surface area contributed by atoms with Crippen molar-refractivity contribution in [3.05, 3.63) is 71.6 Å². The summed E-state index contributed by atoms with van der Waals surface area (Å²) in [5.41, 5.74) is 2.84. The smallest absolute Gasteiger partial charge is 0.244 e. The molecule has 4 nitrogen and oxygen atoms in total. The summed E-state index contributed by atoms with van der Waals surface area (Å²) in [5, 5.41) is 2.95. The molecule has 1 amide bonds. The molecule has 0 saturated carbocycles. The van der Waals surface area contributed by atoms with Crippen LogP contribution in [0.3, 0.4) is 0 Å². The molecule has 1 aliphatic rings. The van der Waals surface area contributed by atoms with E-state index in [1.165, 1.54) is 18.2 Å². The van der Waals surface area contributed by atoms with Crippen LogP contribution in [0.5, 0.6) is 0 Å². The minimum atomic E-state index is -0.319. The van der Waals surface area contributed by atoms with E-state index in [4.69, 9.17) is 4.74 Å². The van der Waals surface area contributed by atoms with Crippen molar-refractivity contribution in [3.63, 3.8) is 0 Å². The van der Waals surface area contributed by atoms with E-state index in [0.29, 0.717) is 5.56 Å². The summed E-state index contributed by atoms with van der Waals surface area (Å²) < 4.78 is 18.6. The standard InChI is InChI=1S/C21H23FN2O2/c1-16(23-21(25)9-8-17-4-2-6-19(22)14-17)18-5-3-7-20(15-18)24-10-12-26-13-11-24/h2-9,14-16H,10-13H2,1H3,(H,23,25)/b9-8+/t16-/m0/s1. The van der Waals surface area contributed by atoms with E-state index in [9.17, 15) is 9.18 Å². The number of ether oxygens (including phenoxy) is 1. The van der Waals surface area contributed by atoms with Gasteiger partial charge in [0.1, 0.15) is 5.82 Å². The zero-order chi connectivity index (χ0) is 18.4. The highest BCUT2D eigenvalue weighted by Gasteiger charge is 2.13. The van der Waals surface area contributed by atoms with Gasteiger partial charge in [-0.2, -0.15) is 0 Å². The van der Waals surface area contributed by atoms with E-state index in [0.717, 1.165) is 37.6 Å². The fourth-order valence-corrected chi connectivity index (χ4v) is 2.94. The predicted molar refractivity (Wildman–Crippen MR) is 101 cm³/mol. The Hall–Kier alpha value is -2.66. The molecule has 26 heavy (non-hydrogen) atoms. The molecule has 136 valence electrons. The predicted octanol–water partition coefficient (Wildman–Crippen LogP) is 3.55. The van der Waals surface area contributed by atoms with E-state index in [2.05, 4.69) is 22.3 Å². The van der Waals surface area contributed by atoms with Gasteiger partial charge >= 0.3 is 0 Å². The molecular formula is C21H23FN2O2. The Labute approximate surface area is 153 Å². The van der Waals surface area contributed by atoms with Crippen LogP contribution >= 0.6 is 0 Å². The number of morpholine rings is 1. The first-order chi connectivity index (χ1) is 12.6. The lowest BCUT2D eigenvalue weighted by atomic mass is 10.1. The average molecular weight is 354 g/mol. The fraction of sp³-hybridized carbons (Fsp3) is 0.286. The van der Waals surface area contributed by atoms with Crippen LogP contribution in [-0.2, 0) is 9.53 Å². The fourth-order valence-electron chi connectivity index (χ4n) is 2.94. The molecule has 1 saturated heterocycles. The molecule has 5 heteroatoms. The van der Waals surface area contributed by atoms with E-state index >= 15 is 0 Å². The number of amides is 1. The molecule has 0 aromatic heterocycles. The van der Waals surface area contributed by atoms with Crippen molar-refractivity contribution < 1.29 is 13.9 Å². The number of nitrogens with zero attached hydrogens (tertiary/aromatic N) is 1. The highest BCUT2D eigenvalue weighted by molar-refractivity contribution is 5.92. The van der Waals surface area contributed by atoms with Gasteiger partial charge in [-0.25, -0.2) is 4.39 Å². The number of hydrogen-bond acceptors (Lipinski definition) is 3.